The maximum atomic E-state index is 10.8. The molecule has 0 fully saturated rings. The topological polar surface area (TPSA) is 80.3 Å². The molecule has 0 aliphatic carbocycles. The summed E-state index contributed by atoms with van der Waals surface area (Å²) in [4.78, 5) is 21.3. The predicted molar refractivity (Wildman–Crippen MR) is 49.3 cm³/mol. The molecule has 3 unspecified atom stereocenters. The normalized spacial score (nSPS) is 14.7. The number of hydrogen-bond acceptors (Lipinski definition) is 4. The lowest BCUT2D eigenvalue weighted by molar-refractivity contribution is -0.170. The zero-order valence-electron chi connectivity index (χ0n) is 7.20. The molecule has 1 aromatic carbocycles. The van der Waals surface area contributed by atoms with E-state index in [9.17, 15) is 18.9 Å². The van der Waals surface area contributed by atoms with Crippen LogP contribution in [0, 0.1) is 0 Å². The molecule has 0 saturated heterocycles. The zero-order valence-corrected chi connectivity index (χ0v) is 8.99. The van der Waals surface area contributed by atoms with Gasteiger partial charge in [-0.15, -0.1) is 0 Å². The molecule has 0 heterocycles. The molecule has 0 amide bonds. The van der Waals surface area contributed by atoms with Crippen LogP contribution < -0.4 is 9.79 Å². The highest BCUT2D eigenvalue weighted by atomic mass is 31.1. The first-order valence-electron chi connectivity index (χ1n) is 3.91. The summed E-state index contributed by atoms with van der Waals surface area (Å²) in [5, 5.41) is 0. The van der Waals surface area contributed by atoms with Crippen LogP contribution in [0.5, 0.6) is 0 Å². The second-order valence-electron chi connectivity index (χ2n) is 2.73. The molecule has 0 saturated carbocycles. The molecule has 3 atom stereocenters. The summed E-state index contributed by atoms with van der Waals surface area (Å²) >= 11 is 0. The van der Waals surface area contributed by atoms with E-state index in [2.05, 4.69) is 0 Å². The van der Waals surface area contributed by atoms with Crippen LogP contribution in [0.3, 0.4) is 0 Å². The summed E-state index contributed by atoms with van der Waals surface area (Å²) < 4.78 is 21.3. The summed E-state index contributed by atoms with van der Waals surface area (Å²) in [6.07, 6.45) is -0.349. The van der Waals surface area contributed by atoms with E-state index in [1.54, 1.807) is 30.3 Å². The highest BCUT2D eigenvalue weighted by Gasteiger charge is 2.29. The Morgan fingerprint density at radius 1 is 1.14 bits per heavy atom. The Hall–Kier alpha value is -0.660. The third-order valence-corrected chi connectivity index (χ3v) is 3.70. The highest BCUT2D eigenvalue weighted by molar-refractivity contribution is 7.41. The minimum Gasteiger partial charge on any atom is -0.595 e. The molecule has 0 aliphatic heterocycles. The summed E-state index contributed by atoms with van der Waals surface area (Å²) in [7, 11) is -5.44. The van der Waals surface area contributed by atoms with E-state index in [4.69, 9.17) is 0 Å². The van der Waals surface area contributed by atoms with Crippen molar-refractivity contribution < 1.29 is 18.9 Å². The highest BCUT2D eigenvalue weighted by Crippen LogP contribution is 2.38. The summed E-state index contributed by atoms with van der Waals surface area (Å²) in [6, 6.07) is 8.32. The van der Waals surface area contributed by atoms with Crippen molar-refractivity contribution in [3.63, 3.8) is 0 Å². The van der Waals surface area contributed by atoms with Gasteiger partial charge in [0.1, 0.15) is 0 Å². The van der Waals surface area contributed by atoms with Gasteiger partial charge in [0.15, 0.2) is 6.16 Å². The van der Waals surface area contributed by atoms with E-state index in [-0.39, 0.29) is 6.16 Å². The van der Waals surface area contributed by atoms with E-state index < -0.39 is 21.7 Å². The molecule has 0 bridgehead atoms. The predicted octanol–water partition coefficient (Wildman–Crippen LogP) is 0.933. The Balaban J connectivity index is 2.89. The Morgan fingerprint density at radius 2 is 1.71 bits per heavy atom. The Morgan fingerprint density at radius 3 is 2.14 bits per heavy atom. The molecule has 0 radical (unpaired) electrons. The van der Waals surface area contributed by atoms with Gasteiger partial charge in [-0.1, -0.05) is 39.5 Å². The summed E-state index contributed by atoms with van der Waals surface area (Å²) in [5.74, 6) is 0. The van der Waals surface area contributed by atoms with Crippen LogP contribution in [0.25, 0.3) is 0 Å². The molecule has 14 heavy (non-hydrogen) atoms. The molecule has 74 valence electrons. The molecule has 6 heteroatoms. The maximum Gasteiger partial charge on any atom is 0.321 e. The van der Waals surface area contributed by atoms with Crippen molar-refractivity contribution in [2.24, 2.45) is 0 Å². The van der Waals surface area contributed by atoms with Crippen LogP contribution in [0.1, 0.15) is 11.2 Å². The third-order valence-electron chi connectivity index (χ3n) is 1.76. The molecule has 1 aromatic rings. The van der Waals surface area contributed by atoms with Gasteiger partial charge in [-0.3, -0.25) is 0 Å². The number of hydrogen-bond donors (Lipinski definition) is 0. The van der Waals surface area contributed by atoms with Crippen molar-refractivity contribution in [3.8, 4) is 0 Å². The molecule has 1 rings (SSSR count). The lowest BCUT2D eigenvalue weighted by atomic mass is 10.2. The molecule has 0 aromatic heterocycles. The van der Waals surface area contributed by atoms with Crippen molar-refractivity contribution in [1.82, 2.24) is 0 Å². The van der Waals surface area contributed by atoms with E-state index in [0.29, 0.717) is 5.56 Å². The molecule has 0 aliphatic rings. The van der Waals surface area contributed by atoms with Gasteiger partial charge in [0.2, 0.25) is 5.66 Å². The summed E-state index contributed by atoms with van der Waals surface area (Å²) in [6.45, 7) is 0. The van der Waals surface area contributed by atoms with E-state index in [0.717, 1.165) is 0 Å². The van der Waals surface area contributed by atoms with Gasteiger partial charge in [0.25, 0.3) is 0 Å². The summed E-state index contributed by atoms with van der Waals surface area (Å²) in [5.41, 5.74) is -0.407. The molecule has 0 N–H and O–H groups in total. The molecular weight excluding hydrogens is 222 g/mol. The van der Waals surface area contributed by atoms with Crippen LogP contribution in [0.2, 0.25) is 0 Å². The standard InChI is InChI=1S/C8H8O4P2/c9-13(10)6-8(14(11)12)7-4-2-1-3-5-7/h1-5,8H,6H2. The van der Waals surface area contributed by atoms with E-state index >= 15 is 0 Å². The maximum absolute atomic E-state index is 10.8. The first-order valence-corrected chi connectivity index (χ1v) is 6.52. The van der Waals surface area contributed by atoms with E-state index in [1.165, 1.54) is 0 Å². The van der Waals surface area contributed by atoms with Crippen LogP contribution in [0.15, 0.2) is 30.3 Å². The van der Waals surface area contributed by atoms with Gasteiger partial charge in [-0.05, 0) is 0 Å². The second kappa shape index (κ2) is 5.28. The molecule has 0 spiro atoms. The Bertz CT molecular complexity index is 338. The third kappa shape index (κ3) is 3.24. The smallest absolute Gasteiger partial charge is 0.321 e. The average Bonchev–Trinajstić information content (AvgIpc) is 2.15. The van der Waals surface area contributed by atoms with Crippen LogP contribution in [-0.4, -0.2) is 6.16 Å². The monoisotopic (exact) mass is 230 g/mol. The van der Waals surface area contributed by atoms with Crippen molar-refractivity contribution in [2.75, 3.05) is 6.16 Å². The van der Waals surface area contributed by atoms with Crippen LogP contribution >= 0.6 is 16.1 Å². The first-order chi connectivity index (χ1) is 6.61. The van der Waals surface area contributed by atoms with Crippen molar-refractivity contribution in [3.05, 3.63) is 35.9 Å². The first kappa shape index (κ1) is 11.4. The van der Waals surface area contributed by atoms with Gasteiger partial charge < -0.3 is 9.79 Å². The Labute approximate surface area is 83.3 Å². The van der Waals surface area contributed by atoms with Gasteiger partial charge in [-0.25, -0.2) is 0 Å². The molecule has 4 nitrogen and oxygen atoms in total. The van der Waals surface area contributed by atoms with Gasteiger partial charge in [-0.2, -0.15) is 0 Å². The van der Waals surface area contributed by atoms with E-state index in [1.807, 2.05) is 0 Å². The number of benzene rings is 1. The number of rotatable bonds is 4. The van der Waals surface area contributed by atoms with Crippen LogP contribution in [-0.2, 0) is 9.13 Å². The minimum atomic E-state index is -2.76. The SMILES string of the molecule is O=[P+]([O-])CC(c1ccccc1)[P+](=O)[O-]. The van der Waals surface area contributed by atoms with Crippen molar-refractivity contribution in [2.45, 2.75) is 5.66 Å². The minimum absolute atomic E-state index is 0.349. The fourth-order valence-electron chi connectivity index (χ4n) is 1.11. The lowest BCUT2D eigenvalue weighted by Crippen LogP contribution is -2.06. The zero-order chi connectivity index (χ0) is 10.6. The fourth-order valence-corrected chi connectivity index (χ4v) is 2.95. The van der Waals surface area contributed by atoms with Crippen molar-refractivity contribution >= 4 is 16.1 Å². The van der Waals surface area contributed by atoms with Gasteiger partial charge in [0, 0.05) is 5.56 Å². The second-order valence-corrected chi connectivity index (χ2v) is 4.95. The lowest BCUT2D eigenvalue weighted by Gasteiger charge is -2.03. The van der Waals surface area contributed by atoms with Gasteiger partial charge in [0.05, 0.1) is 0 Å². The van der Waals surface area contributed by atoms with Crippen molar-refractivity contribution in [1.29, 1.82) is 0 Å². The molecular formula is C8H8O4P2. The van der Waals surface area contributed by atoms with Gasteiger partial charge >= 0.3 is 16.1 Å². The van der Waals surface area contributed by atoms with Crippen LogP contribution in [0.4, 0.5) is 0 Å². The largest absolute Gasteiger partial charge is 0.595 e. The quantitative estimate of drug-likeness (QED) is 0.720. The Kier molecular flexibility index (Phi) is 4.30. The fraction of sp³-hybridized carbons (Fsp3) is 0.250. The average molecular weight is 230 g/mol.